The third kappa shape index (κ3) is 6.60. The zero-order valence-electron chi connectivity index (χ0n) is 18.2. The second kappa shape index (κ2) is 10.1. The number of urea groups is 1. The van der Waals surface area contributed by atoms with Gasteiger partial charge in [-0.15, -0.1) is 0 Å². The SMILES string of the molecule is CC(C)Cc1ncc2c(n1)CN(C(=O)N[C@H](CNS(C)(=O)=O)c1ccc(F)c(Cl)c1)CC2. The molecule has 0 radical (unpaired) electrons. The van der Waals surface area contributed by atoms with Crippen LogP contribution in [0.1, 0.15) is 42.5 Å². The Morgan fingerprint density at radius 2 is 2.09 bits per heavy atom. The molecule has 2 N–H and O–H groups in total. The van der Waals surface area contributed by atoms with Crippen LogP contribution >= 0.6 is 11.6 Å². The number of carbonyl (C=O) groups is 1. The van der Waals surface area contributed by atoms with Crippen molar-refractivity contribution < 1.29 is 17.6 Å². The lowest BCUT2D eigenvalue weighted by molar-refractivity contribution is 0.187. The highest BCUT2D eigenvalue weighted by molar-refractivity contribution is 7.88. The summed E-state index contributed by atoms with van der Waals surface area (Å²) in [5, 5.41) is 2.73. The highest BCUT2D eigenvalue weighted by Crippen LogP contribution is 2.22. The lowest BCUT2D eigenvalue weighted by atomic mass is 10.1. The van der Waals surface area contributed by atoms with Gasteiger partial charge in [-0.1, -0.05) is 31.5 Å². The Balaban J connectivity index is 1.76. The number of nitrogens with zero attached hydrogens (tertiary/aromatic N) is 3. The maximum atomic E-state index is 13.6. The van der Waals surface area contributed by atoms with Gasteiger partial charge in [0.1, 0.15) is 11.6 Å². The molecule has 0 spiro atoms. The third-order valence-electron chi connectivity index (χ3n) is 5.07. The first-order valence-corrected chi connectivity index (χ1v) is 12.6. The number of halogens is 2. The predicted molar refractivity (Wildman–Crippen MR) is 120 cm³/mol. The minimum atomic E-state index is -3.50. The van der Waals surface area contributed by atoms with E-state index in [0.717, 1.165) is 29.8 Å². The lowest BCUT2D eigenvalue weighted by Gasteiger charge is -2.30. The number of hydrogen-bond donors (Lipinski definition) is 2. The number of sulfonamides is 1. The summed E-state index contributed by atoms with van der Waals surface area (Å²) in [7, 11) is -3.50. The normalized spacial score (nSPS) is 14.9. The molecule has 174 valence electrons. The second-order valence-electron chi connectivity index (χ2n) is 8.32. The fourth-order valence-electron chi connectivity index (χ4n) is 3.44. The number of rotatable bonds is 7. The largest absolute Gasteiger partial charge is 0.330 e. The molecule has 1 aliphatic heterocycles. The van der Waals surface area contributed by atoms with Crippen molar-refractivity contribution in [3.63, 3.8) is 0 Å². The third-order valence-corrected chi connectivity index (χ3v) is 6.05. The Bertz CT molecular complexity index is 1100. The Hall–Kier alpha value is -2.30. The van der Waals surface area contributed by atoms with Crippen molar-refractivity contribution in [2.24, 2.45) is 5.92 Å². The van der Waals surface area contributed by atoms with E-state index in [9.17, 15) is 17.6 Å². The van der Waals surface area contributed by atoms with Gasteiger partial charge in [0.25, 0.3) is 0 Å². The van der Waals surface area contributed by atoms with Crippen molar-refractivity contribution in [2.75, 3.05) is 19.3 Å². The van der Waals surface area contributed by atoms with E-state index in [4.69, 9.17) is 11.6 Å². The highest BCUT2D eigenvalue weighted by Gasteiger charge is 2.25. The van der Waals surface area contributed by atoms with Crippen molar-refractivity contribution in [3.05, 3.63) is 57.9 Å². The molecule has 2 aromatic rings. The van der Waals surface area contributed by atoms with Gasteiger partial charge in [0.2, 0.25) is 10.0 Å². The number of carbonyl (C=O) groups excluding carboxylic acids is 1. The van der Waals surface area contributed by atoms with E-state index in [1.807, 2.05) is 6.20 Å². The number of nitrogens with one attached hydrogen (secondary N) is 2. The molecule has 8 nitrogen and oxygen atoms in total. The minimum absolute atomic E-state index is 0.0995. The molecule has 0 unspecified atom stereocenters. The predicted octanol–water partition coefficient (Wildman–Crippen LogP) is 2.83. The maximum Gasteiger partial charge on any atom is 0.318 e. The van der Waals surface area contributed by atoms with E-state index < -0.39 is 21.9 Å². The number of aromatic nitrogens is 2. The summed E-state index contributed by atoms with van der Waals surface area (Å²) in [4.78, 5) is 23.7. The van der Waals surface area contributed by atoms with Crippen molar-refractivity contribution in [2.45, 2.75) is 39.3 Å². The Labute approximate surface area is 192 Å². The van der Waals surface area contributed by atoms with Crippen LogP contribution in [0.2, 0.25) is 5.02 Å². The molecule has 0 saturated heterocycles. The Morgan fingerprint density at radius 3 is 2.75 bits per heavy atom. The monoisotopic (exact) mass is 483 g/mol. The maximum absolute atomic E-state index is 13.6. The fourth-order valence-corrected chi connectivity index (χ4v) is 4.10. The zero-order chi connectivity index (χ0) is 23.5. The molecule has 0 aliphatic carbocycles. The molecule has 32 heavy (non-hydrogen) atoms. The molecule has 2 amide bonds. The summed E-state index contributed by atoms with van der Waals surface area (Å²) < 4.78 is 39.2. The van der Waals surface area contributed by atoms with Gasteiger partial charge in [-0.2, -0.15) is 0 Å². The van der Waals surface area contributed by atoms with Gasteiger partial charge in [-0.3, -0.25) is 0 Å². The second-order valence-corrected chi connectivity index (χ2v) is 10.6. The molecule has 0 saturated carbocycles. The summed E-state index contributed by atoms with van der Waals surface area (Å²) in [6.07, 6.45) is 4.23. The van der Waals surface area contributed by atoms with Crippen LogP contribution in [-0.2, 0) is 29.4 Å². The molecule has 3 rings (SSSR count). The van der Waals surface area contributed by atoms with Crippen LogP contribution in [0.3, 0.4) is 0 Å². The summed E-state index contributed by atoms with van der Waals surface area (Å²) in [6, 6.07) is 2.91. The van der Waals surface area contributed by atoms with Gasteiger partial charge in [0, 0.05) is 25.7 Å². The molecule has 1 aliphatic rings. The standard InChI is InChI=1S/C21H27ClFN5O3S/c1-13(2)8-20-24-10-15-6-7-28(12-19(15)26-20)21(29)27-18(11-25-32(3,30)31)14-4-5-17(23)16(22)9-14/h4-5,9-10,13,18,25H,6-8,11-12H2,1-3H3,(H,27,29)/t18-/m1/s1. The summed E-state index contributed by atoms with van der Waals surface area (Å²) in [5.74, 6) is 0.569. The van der Waals surface area contributed by atoms with E-state index in [2.05, 4.69) is 33.9 Å². The average molecular weight is 484 g/mol. The molecule has 1 atom stereocenters. The summed E-state index contributed by atoms with van der Waals surface area (Å²) in [5.41, 5.74) is 2.31. The van der Waals surface area contributed by atoms with E-state index in [1.165, 1.54) is 18.2 Å². The summed E-state index contributed by atoms with van der Waals surface area (Å²) in [6.45, 7) is 4.88. The van der Waals surface area contributed by atoms with Crippen LogP contribution in [0.15, 0.2) is 24.4 Å². The van der Waals surface area contributed by atoms with Gasteiger partial charge in [0.05, 0.1) is 29.6 Å². The van der Waals surface area contributed by atoms with Crippen LogP contribution in [0.25, 0.3) is 0 Å². The van der Waals surface area contributed by atoms with E-state index in [0.29, 0.717) is 31.0 Å². The topological polar surface area (TPSA) is 104 Å². The number of benzene rings is 1. The number of fused-ring (bicyclic) bond motifs is 1. The smallest absolute Gasteiger partial charge is 0.318 e. The molecule has 0 fully saturated rings. The molecule has 2 heterocycles. The minimum Gasteiger partial charge on any atom is -0.330 e. The number of amides is 2. The molecular weight excluding hydrogens is 457 g/mol. The first-order chi connectivity index (χ1) is 15.0. The van der Waals surface area contributed by atoms with Crippen LogP contribution in [0.4, 0.5) is 9.18 Å². The van der Waals surface area contributed by atoms with E-state index in [1.54, 1.807) is 4.90 Å². The molecule has 1 aromatic carbocycles. The summed E-state index contributed by atoms with van der Waals surface area (Å²) >= 11 is 5.89. The van der Waals surface area contributed by atoms with E-state index >= 15 is 0 Å². The Morgan fingerprint density at radius 1 is 1.34 bits per heavy atom. The van der Waals surface area contributed by atoms with Crippen LogP contribution < -0.4 is 10.0 Å². The van der Waals surface area contributed by atoms with Crippen LogP contribution in [0, 0.1) is 11.7 Å². The van der Waals surface area contributed by atoms with Gasteiger partial charge in [-0.25, -0.2) is 32.3 Å². The quantitative estimate of drug-likeness (QED) is 0.630. The van der Waals surface area contributed by atoms with Gasteiger partial charge < -0.3 is 10.2 Å². The molecular formula is C21H27ClFN5O3S. The van der Waals surface area contributed by atoms with Gasteiger partial charge >= 0.3 is 6.03 Å². The Kier molecular flexibility index (Phi) is 7.68. The first kappa shape index (κ1) is 24.3. The fraction of sp³-hybridized carbons (Fsp3) is 0.476. The van der Waals surface area contributed by atoms with E-state index in [-0.39, 0.29) is 17.6 Å². The van der Waals surface area contributed by atoms with Crippen molar-refractivity contribution in [1.29, 1.82) is 0 Å². The van der Waals surface area contributed by atoms with Crippen molar-refractivity contribution in [1.82, 2.24) is 24.9 Å². The van der Waals surface area contributed by atoms with Crippen LogP contribution in [0.5, 0.6) is 0 Å². The highest BCUT2D eigenvalue weighted by atomic mass is 35.5. The van der Waals surface area contributed by atoms with Gasteiger partial charge in [0.15, 0.2) is 0 Å². The van der Waals surface area contributed by atoms with Crippen LogP contribution in [-0.4, -0.2) is 48.7 Å². The van der Waals surface area contributed by atoms with Crippen molar-refractivity contribution in [3.8, 4) is 0 Å². The average Bonchev–Trinajstić information content (AvgIpc) is 2.71. The lowest BCUT2D eigenvalue weighted by Crippen LogP contribution is -2.46. The molecule has 11 heteroatoms. The zero-order valence-corrected chi connectivity index (χ0v) is 19.8. The van der Waals surface area contributed by atoms with Crippen molar-refractivity contribution >= 4 is 27.7 Å². The van der Waals surface area contributed by atoms with Gasteiger partial charge in [-0.05, 0) is 35.6 Å². The molecule has 0 bridgehead atoms. The number of hydrogen-bond acceptors (Lipinski definition) is 5. The molecule has 1 aromatic heterocycles. The first-order valence-electron chi connectivity index (χ1n) is 10.3.